The maximum Gasteiger partial charge on any atom is 0.432 e. The van der Waals surface area contributed by atoms with E-state index in [9.17, 15) is 18.0 Å². The van der Waals surface area contributed by atoms with Gasteiger partial charge in [-0.2, -0.15) is 13.2 Å². The minimum atomic E-state index is -4.96. The number of halogens is 3. The van der Waals surface area contributed by atoms with Gasteiger partial charge in [0.15, 0.2) is 0 Å². The van der Waals surface area contributed by atoms with Gasteiger partial charge >= 0.3 is 12.1 Å². The molecule has 3 rings (SSSR count). The average molecular weight is 364 g/mol. The number of hydrogen-bond donors (Lipinski definition) is 0. The highest BCUT2D eigenvalue weighted by atomic mass is 19.4. The van der Waals surface area contributed by atoms with Crippen LogP contribution in [0.25, 0.3) is 0 Å². The van der Waals surface area contributed by atoms with Gasteiger partial charge in [0.05, 0.1) is 0 Å². The van der Waals surface area contributed by atoms with Crippen LogP contribution in [0.3, 0.4) is 0 Å². The zero-order chi connectivity index (χ0) is 18.8. The van der Waals surface area contributed by atoms with Crippen molar-refractivity contribution in [2.45, 2.75) is 37.1 Å². The minimum absolute atomic E-state index is 0.302. The van der Waals surface area contributed by atoms with Crippen molar-refractivity contribution in [1.29, 1.82) is 0 Å². The molecule has 2 atom stereocenters. The quantitative estimate of drug-likeness (QED) is 0.737. The summed E-state index contributed by atoms with van der Waals surface area (Å²) in [4.78, 5) is 12.8. The Kier molecular flexibility index (Phi) is 5.05. The SMILES string of the molecule is CO[C@@](C(=O)O[C@H]1CCCc2ccccc21)(c1ccccc1)C(F)(F)F. The summed E-state index contributed by atoms with van der Waals surface area (Å²) in [7, 11) is 0.872. The van der Waals surface area contributed by atoms with Gasteiger partial charge in [0.2, 0.25) is 0 Å². The molecule has 0 aliphatic heterocycles. The lowest BCUT2D eigenvalue weighted by Crippen LogP contribution is -2.52. The molecule has 2 aromatic carbocycles. The van der Waals surface area contributed by atoms with Crippen LogP contribution in [0.5, 0.6) is 0 Å². The first-order chi connectivity index (χ1) is 12.4. The van der Waals surface area contributed by atoms with Crippen LogP contribution in [0, 0.1) is 0 Å². The molecule has 0 spiro atoms. The Morgan fingerprint density at radius 1 is 1.04 bits per heavy atom. The van der Waals surface area contributed by atoms with Crippen molar-refractivity contribution < 1.29 is 27.4 Å². The van der Waals surface area contributed by atoms with E-state index >= 15 is 0 Å². The second-order valence-corrected chi connectivity index (χ2v) is 6.23. The third-order valence-electron chi connectivity index (χ3n) is 4.74. The topological polar surface area (TPSA) is 35.5 Å². The molecule has 0 amide bonds. The van der Waals surface area contributed by atoms with E-state index in [2.05, 4.69) is 0 Å². The largest absolute Gasteiger partial charge is 0.455 e. The molecule has 2 aromatic rings. The fraction of sp³-hybridized carbons (Fsp3) is 0.350. The fourth-order valence-corrected chi connectivity index (χ4v) is 3.43. The molecule has 6 heteroatoms. The van der Waals surface area contributed by atoms with Crippen molar-refractivity contribution in [2.75, 3.05) is 7.11 Å². The Morgan fingerprint density at radius 2 is 1.69 bits per heavy atom. The molecule has 0 radical (unpaired) electrons. The second-order valence-electron chi connectivity index (χ2n) is 6.23. The molecule has 0 saturated heterocycles. The maximum absolute atomic E-state index is 13.9. The number of fused-ring (bicyclic) bond motifs is 1. The monoisotopic (exact) mass is 364 g/mol. The number of ether oxygens (including phenoxy) is 2. The van der Waals surface area contributed by atoms with Crippen LogP contribution in [0.15, 0.2) is 54.6 Å². The van der Waals surface area contributed by atoms with E-state index in [0.29, 0.717) is 6.42 Å². The van der Waals surface area contributed by atoms with Crippen molar-refractivity contribution in [3.8, 4) is 0 Å². The third-order valence-corrected chi connectivity index (χ3v) is 4.74. The number of hydrogen-bond acceptors (Lipinski definition) is 3. The normalized spacial score (nSPS) is 19.3. The lowest BCUT2D eigenvalue weighted by molar-refractivity contribution is -0.278. The summed E-state index contributed by atoms with van der Waals surface area (Å²) < 4.78 is 52.0. The van der Waals surface area contributed by atoms with E-state index in [-0.39, 0.29) is 5.56 Å². The average Bonchev–Trinajstić information content (AvgIpc) is 2.63. The lowest BCUT2D eigenvalue weighted by Gasteiger charge is -2.35. The molecule has 0 bridgehead atoms. The van der Waals surface area contributed by atoms with Gasteiger partial charge in [-0.15, -0.1) is 0 Å². The van der Waals surface area contributed by atoms with Crippen molar-refractivity contribution >= 4 is 5.97 Å². The number of alkyl halides is 3. The smallest absolute Gasteiger partial charge is 0.432 e. The Hall–Kier alpha value is -2.34. The predicted molar refractivity (Wildman–Crippen MR) is 89.4 cm³/mol. The maximum atomic E-state index is 13.9. The first-order valence-corrected chi connectivity index (χ1v) is 8.36. The van der Waals surface area contributed by atoms with Crippen LogP contribution >= 0.6 is 0 Å². The molecule has 0 heterocycles. The molecule has 0 unspecified atom stereocenters. The Bertz CT molecular complexity index is 773. The fourth-order valence-electron chi connectivity index (χ4n) is 3.43. The zero-order valence-electron chi connectivity index (χ0n) is 14.3. The first-order valence-electron chi connectivity index (χ1n) is 8.36. The summed E-state index contributed by atoms with van der Waals surface area (Å²) in [5.74, 6) is -1.44. The van der Waals surface area contributed by atoms with E-state index in [1.54, 1.807) is 18.2 Å². The number of aryl methyl sites for hydroxylation is 1. The van der Waals surface area contributed by atoms with E-state index in [1.165, 1.54) is 24.3 Å². The minimum Gasteiger partial charge on any atom is -0.455 e. The van der Waals surface area contributed by atoms with Gasteiger partial charge in [-0.25, -0.2) is 4.79 Å². The number of carbonyl (C=O) groups is 1. The summed E-state index contributed by atoms with van der Waals surface area (Å²) >= 11 is 0. The van der Waals surface area contributed by atoms with Crippen LogP contribution in [-0.2, 0) is 26.3 Å². The lowest BCUT2D eigenvalue weighted by atomic mass is 9.88. The number of rotatable bonds is 4. The van der Waals surface area contributed by atoms with Crippen LogP contribution in [0.2, 0.25) is 0 Å². The van der Waals surface area contributed by atoms with Gasteiger partial charge in [-0.1, -0.05) is 54.6 Å². The molecule has 0 N–H and O–H groups in total. The van der Waals surface area contributed by atoms with Gasteiger partial charge in [0.25, 0.3) is 5.60 Å². The van der Waals surface area contributed by atoms with Crippen LogP contribution < -0.4 is 0 Å². The highest BCUT2D eigenvalue weighted by Crippen LogP contribution is 2.44. The van der Waals surface area contributed by atoms with Crippen molar-refractivity contribution in [1.82, 2.24) is 0 Å². The van der Waals surface area contributed by atoms with Crippen molar-refractivity contribution in [3.63, 3.8) is 0 Å². The number of esters is 1. The second kappa shape index (κ2) is 7.11. The van der Waals surface area contributed by atoms with Crippen molar-refractivity contribution in [2.24, 2.45) is 0 Å². The molecule has 0 saturated carbocycles. The number of methoxy groups -OCH3 is 1. The molecular formula is C20H19F3O3. The van der Waals surface area contributed by atoms with Gasteiger partial charge in [-0.05, 0) is 30.4 Å². The molecule has 1 aliphatic carbocycles. The molecule has 0 fully saturated rings. The van der Waals surface area contributed by atoms with E-state index in [1.807, 2.05) is 12.1 Å². The summed E-state index contributed by atoms with van der Waals surface area (Å²) in [6.45, 7) is 0. The van der Waals surface area contributed by atoms with Crippen LogP contribution in [0.1, 0.15) is 35.6 Å². The zero-order valence-corrected chi connectivity index (χ0v) is 14.3. The number of carbonyl (C=O) groups excluding carboxylic acids is 1. The van der Waals surface area contributed by atoms with Gasteiger partial charge in [0.1, 0.15) is 6.10 Å². The highest BCUT2D eigenvalue weighted by molar-refractivity contribution is 5.83. The summed E-state index contributed by atoms with van der Waals surface area (Å²) in [5, 5.41) is 0. The van der Waals surface area contributed by atoms with Crippen LogP contribution in [-0.4, -0.2) is 19.3 Å². The molecule has 0 aromatic heterocycles. The molecule has 1 aliphatic rings. The third kappa shape index (κ3) is 3.09. The molecule has 26 heavy (non-hydrogen) atoms. The van der Waals surface area contributed by atoms with Gasteiger partial charge in [0, 0.05) is 12.7 Å². The number of benzene rings is 2. The standard InChI is InChI=1S/C20H19F3O3/c1-25-19(20(21,22)23,15-10-3-2-4-11-15)18(24)26-17-13-7-9-14-8-5-6-12-16(14)17/h2-6,8,10-12,17H,7,9,13H2,1H3/t17-,19+/m0/s1. The van der Waals surface area contributed by atoms with Crippen LogP contribution in [0.4, 0.5) is 13.2 Å². The van der Waals surface area contributed by atoms with E-state index in [4.69, 9.17) is 9.47 Å². The summed E-state index contributed by atoms with van der Waals surface area (Å²) in [6, 6.07) is 14.2. The predicted octanol–water partition coefficient (Wildman–Crippen LogP) is 4.71. The van der Waals surface area contributed by atoms with Crippen molar-refractivity contribution in [3.05, 3.63) is 71.3 Å². The molecule has 138 valence electrons. The van der Waals surface area contributed by atoms with E-state index in [0.717, 1.165) is 31.1 Å². The molecule has 3 nitrogen and oxygen atoms in total. The van der Waals surface area contributed by atoms with E-state index < -0.39 is 23.9 Å². The highest BCUT2D eigenvalue weighted by Gasteiger charge is 2.64. The summed E-state index contributed by atoms with van der Waals surface area (Å²) in [5.41, 5.74) is -1.71. The van der Waals surface area contributed by atoms with Gasteiger partial charge < -0.3 is 9.47 Å². The first kappa shape index (κ1) is 18.5. The van der Waals surface area contributed by atoms with Gasteiger partial charge in [-0.3, -0.25) is 0 Å². The Morgan fingerprint density at radius 3 is 2.35 bits per heavy atom. The Labute approximate surface area is 149 Å². The summed E-state index contributed by atoms with van der Waals surface area (Å²) in [6.07, 6.45) is -3.64. The molecular weight excluding hydrogens is 345 g/mol. The Balaban J connectivity index is 1.98.